The highest BCUT2D eigenvalue weighted by Crippen LogP contribution is 2.32. The molecular formula is C13H19ClN2O2S. The van der Waals surface area contributed by atoms with E-state index in [0.717, 1.165) is 12.3 Å². The summed E-state index contributed by atoms with van der Waals surface area (Å²) in [5.74, 6) is 0.368. The smallest absolute Gasteiger partial charge is 0.351 e. The van der Waals surface area contributed by atoms with Crippen molar-refractivity contribution in [3.8, 4) is 0 Å². The summed E-state index contributed by atoms with van der Waals surface area (Å²) in [6, 6.07) is 0.436. The fourth-order valence-corrected chi connectivity index (χ4v) is 3.73. The summed E-state index contributed by atoms with van der Waals surface area (Å²) in [6.45, 7) is 2.24. The number of anilines is 1. The zero-order chi connectivity index (χ0) is 13.8. The number of rotatable bonds is 4. The van der Waals surface area contributed by atoms with Crippen molar-refractivity contribution in [2.75, 3.05) is 12.4 Å². The van der Waals surface area contributed by atoms with Gasteiger partial charge in [0.25, 0.3) is 0 Å². The number of nitrogens with zero attached hydrogens (tertiary/aromatic N) is 1. The molecule has 1 saturated carbocycles. The van der Waals surface area contributed by atoms with Crippen molar-refractivity contribution in [1.29, 1.82) is 0 Å². The molecule has 6 heteroatoms. The summed E-state index contributed by atoms with van der Waals surface area (Å²) in [5.41, 5.74) is 0. The Balaban J connectivity index is 2.01. The number of hydrogen-bond acceptors (Lipinski definition) is 5. The van der Waals surface area contributed by atoms with Crippen LogP contribution in [0, 0.1) is 5.92 Å². The van der Waals surface area contributed by atoms with Crippen molar-refractivity contribution >= 4 is 34.0 Å². The molecule has 1 heterocycles. The van der Waals surface area contributed by atoms with E-state index in [1.807, 2.05) is 0 Å². The number of esters is 1. The van der Waals surface area contributed by atoms with Gasteiger partial charge in [0.1, 0.15) is 0 Å². The number of nitrogens with one attached hydrogen (secondary N) is 1. The minimum Gasteiger partial charge on any atom is -0.465 e. The maximum atomic E-state index is 11.5. The van der Waals surface area contributed by atoms with Crippen LogP contribution in [0.2, 0.25) is 5.15 Å². The second-order valence-corrected chi connectivity index (χ2v) is 6.27. The average Bonchev–Trinajstić information content (AvgIpc) is 2.79. The lowest BCUT2D eigenvalue weighted by molar-refractivity contribution is 0.0606. The van der Waals surface area contributed by atoms with Gasteiger partial charge in [-0.3, -0.25) is 0 Å². The number of thiazole rings is 1. The van der Waals surface area contributed by atoms with Crippen LogP contribution in [0.5, 0.6) is 0 Å². The fraction of sp³-hybridized carbons (Fsp3) is 0.692. The Labute approximate surface area is 122 Å². The lowest BCUT2D eigenvalue weighted by Crippen LogP contribution is -2.26. The van der Waals surface area contributed by atoms with Crippen LogP contribution in [0.25, 0.3) is 0 Å². The van der Waals surface area contributed by atoms with Crippen molar-refractivity contribution < 1.29 is 9.53 Å². The number of methoxy groups -OCH3 is 1. The van der Waals surface area contributed by atoms with Crippen LogP contribution in [0.4, 0.5) is 5.13 Å². The highest BCUT2D eigenvalue weighted by molar-refractivity contribution is 7.18. The van der Waals surface area contributed by atoms with Gasteiger partial charge in [0.05, 0.1) is 7.11 Å². The predicted molar refractivity (Wildman–Crippen MR) is 78.1 cm³/mol. The first-order valence-corrected chi connectivity index (χ1v) is 7.84. The van der Waals surface area contributed by atoms with Crippen LogP contribution in [-0.4, -0.2) is 24.1 Å². The monoisotopic (exact) mass is 302 g/mol. The van der Waals surface area contributed by atoms with E-state index in [9.17, 15) is 4.79 Å². The van der Waals surface area contributed by atoms with Gasteiger partial charge in [-0.25, -0.2) is 9.78 Å². The van der Waals surface area contributed by atoms with Gasteiger partial charge in [-0.2, -0.15) is 0 Å². The van der Waals surface area contributed by atoms with Crippen LogP contribution in [0.1, 0.15) is 48.7 Å². The Hall–Kier alpha value is -0.810. The Morgan fingerprint density at radius 3 is 3.05 bits per heavy atom. The predicted octanol–water partition coefficient (Wildman–Crippen LogP) is 3.96. The Bertz CT molecular complexity index is 450. The van der Waals surface area contributed by atoms with Crippen LogP contribution < -0.4 is 5.32 Å². The zero-order valence-corrected chi connectivity index (χ0v) is 12.8. The molecule has 1 N–H and O–H groups in total. The molecule has 4 nitrogen and oxygen atoms in total. The molecule has 1 aromatic heterocycles. The van der Waals surface area contributed by atoms with Crippen LogP contribution in [0.15, 0.2) is 0 Å². The summed E-state index contributed by atoms with van der Waals surface area (Å²) in [6.07, 6.45) is 6.12. The van der Waals surface area contributed by atoms with E-state index >= 15 is 0 Å². The molecule has 1 aliphatic rings. The van der Waals surface area contributed by atoms with Gasteiger partial charge in [-0.05, 0) is 18.8 Å². The van der Waals surface area contributed by atoms with Crippen LogP contribution in [-0.2, 0) is 4.74 Å². The molecule has 0 radical (unpaired) electrons. The molecular weight excluding hydrogens is 284 g/mol. The molecule has 19 heavy (non-hydrogen) atoms. The minimum atomic E-state index is -0.425. The first kappa shape index (κ1) is 14.6. The van der Waals surface area contributed by atoms with Gasteiger partial charge in [0.2, 0.25) is 0 Å². The molecule has 0 amide bonds. The number of carbonyl (C=O) groups excluding carboxylic acids is 1. The summed E-state index contributed by atoms with van der Waals surface area (Å²) < 4.78 is 4.67. The van der Waals surface area contributed by atoms with Gasteiger partial charge < -0.3 is 10.1 Å². The van der Waals surface area contributed by atoms with E-state index in [1.54, 1.807) is 0 Å². The summed E-state index contributed by atoms with van der Waals surface area (Å²) >= 11 is 7.22. The molecule has 1 aromatic rings. The number of ether oxygens (including phenoxy) is 1. The van der Waals surface area contributed by atoms with Crippen molar-refractivity contribution in [1.82, 2.24) is 4.98 Å². The van der Waals surface area contributed by atoms with E-state index in [0.29, 0.717) is 16.1 Å². The topological polar surface area (TPSA) is 51.2 Å². The van der Waals surface area contributed by atoms with Crippen molar-refractivity contribution in [3.63, 3.8) is 0 Å². The van der Waals surface area contributed by atoms with Crippen LogP contribution >= 0.6 is 22.9 Å². The Morgan fingerprint density at radius 2 is 2.37 bits per heavy atom. The standard InChI is InChI=1S/C13H19ClN2O2S/c1-3-8-5-4-6-9(7-8)15-13-16-11(14)10(19-13)12(17)18-2/h8-9H,3-7H2,1-2H3,(H,15,16). The Morgan fingerprint density at radius 1 is 1.58 bits per heavy atom. The summed E-state index contributed by atoms with van der Waals surface area (Å²) in [5, 5.41) is 4.34. The highest BCUT2D eigenvalue weighted by Gasteiger charge is 2.23. The second-order valence-electron chi connectivity index (χ2n) is 4.91. The number of carbonyl (C=O) groups is 1. The van der Waals surface area contributed by atoms with E-state index in [4.69, 9.17) is 11.6 Å². The number of hydrogen-bond donors (Lipinski definition) is 1. The van der Waals surface area contributed by atoms with Crippen molar-refractivity contribution in [2.45, 2.75) is 45.1 Å². The van der Waals surface area contributed by atoms with Gasteiger partial charge >= 0.3 is 5.97 Å². The maximum absolute atomic E-state index is 11.5. The van der Waals surface area contributed by atoms with E-state index in [1.165, 1.54) is 44.1 Å². The maximum Gasteiger partial charge on any atom is 0.351 e. The van der Waals surface area contributed by atoms with E-state index in [2.05, 4.69) is 22.0 Å². The largest absolute Gasteiger partial charge is 0.465 e. The summed E-state index contributed by atoms with van der Waals surface area (Å²) in [4.78, 5) is 16.0. The third kappa shape index (κ3) is 3.60. The minimum absolute atomic E-state index is 0.224. The van der Waals surface area contributed by atoms with Crippen molar-refractivity contribution in [3.05, 3.63) is 10.0 Å². The van der Waals surface area contributed by atoms with Gasteiger partial charge in [-0.15, -0.1) is 0 Å². The molecule has 0 aliphatic heterocycles. The quantitative estimate of drug-likeness (QED) is 0.855. The molecule has 1 aliphatic carbocycles. The SMILES string of the molecule is CCC1CCCC(Nc2nc(Cl)c(C(=O)OC)s2)C1. The Kier molecular flexibility index (Phi) is 5.05. The number of halogens is 1. The zero-order valence-electron chi connectivity index (χ0n) is 11.2. The third-order valence-electron chi connectivity index (χ3n) is 3.64. The first-order valence-electron chi connectivity index (χ1n) is 6.65. The normalized spacial score (nSPS) is 23.1. The molecule has 2 rings (SSSR count). The van der Waals surface area contributed by atoms with Gasteiger partial charge in [0.15, 0.2) is 15.2 Å². The molecule has 2 unspecified atom stereocenters. The fourth-order valence-electron chi connectivity index (χ4n) is 2.55. The van der Waals surface area contributed by atoms with Gasteiger partial charge in [-0.1, -0.05) is 49.1 Å². The average molecular weight is 303 g/mol. The molecule has 1 fully saturated rings. The molecule has 0 bridgehead atoms. The lowest BCUT2D eigenvalue weighted by Gasteiger charge is -2.28. The highest BCUT2D eigenvalue weighted by atomic mass is 35.5. The second kappa shape index (κ2) is 6.57. The molecule has 0 aromatic carbocycles. The number of aromatic nitrogens is 1. The molecule has 2 atom stereocenters. The van der Waals surface area contributed by atoms with Crippen LogP contribution in [0.3, 0.4) is 0 Å². The molecule has 0 spiro atoms. The summed E-state index contributed by atoms with van der Waals surface area (Å²) in [7, 11) is 1.35. The van der Waals surface area contributed by atoms with Gasteiger partial charge in [0, 0.05) is 6.04 Å². The van der Waals surface area contributed by atoms with E-state index < -0.39 is 5.97 Å². The third-order valence-corrected chi connectivity index (χ3v) is 5.00. The van der Waals surface area contributed by atoms with E-state index in [-0.39, 0.29) is 5.15 Å². The lowest BCUT2D eigenvalue weighted by atomic mass is 9.84. The first-order chi connectivity index (χ1) is 9.13. The van der Waals surface area contributed by atoms with Crippen molar-refractivity contribution in [2.24, 2.45) is 5.92 Å². The molecule has 106 valence electrons. The molecule has 0 saturated heterocycles.